The maximum atomic E-state index is 13.0. The molecule has 2 unspecified atom stereocenters. The summed E-state index contributed by atoms with van der Waals surface area (Å²) >= 11 is 0. The van der Waals surface area contributed by atoms with E-state index in [0.717, 1.165) is 9.80 Å². The van der Waals surface area contributed by atoms with E-state index < -0.39 is 41.7 Å². The molecule has 0 aromatic rings. The summed E-state index contributed by atoms with van der Waals surface area (Å²) < 4.78 is 20.0. The highest BCUT2D eigenvalue weighted by atomic mass is 16.6. The minimum Gasteiger partial charge on any atom is -0.463 e. The third-order valence-electron chi connectivity index (χ3n) is 5.47. The molecule has 0 radical (unpaired) electrons. The Morgan fingerprint density at radius 1 is 0.933 bits per heavy atom. The van der Waals surface area contributed by atoms with Gasteiger partial charge in [0, 0.05) is 6.54 Å². The van der Waals surface area contributed by atoms with E-state index in [1.54, 1.807) is 13.8 Å². The molecule has 0 N–H and O–H groups in total. The summed E-state index contributed by atoms with van der Waals surface area (Å²) in [5.74, 6) is -2.76. The van der Waals surface area contributed by atoms with Gasteiger partial charge in [0.15, 0.2) is 0 Å². The predicted molar refractivity (Wildman–Crippen MR) is 97.9 cm³/mol. The maximum Gasteiger partial charge on any atom is 0.334 e. The van der Waals surface area contributed by atoms with Crippen LogP contribution < -0.4 is 0 Å². The molecule has 166 valence electrons. The molecule has 3 heterocycles. The summed E-state index contributed by atoms with van der Waals surface area (Å²) in [5, 5.41) is 0. The molecule has 0 aromatic heterocycles. The number of ether oxygens (including phenoxy) is 4. The number of carbonyl (C=O) groups is 5. The zero-order chi connectivity index (χ0) is 21.9. The van der Waals surface area contributed by atoms with Crippen molar-refractivity contribution in [2.75, 3.05) is 39.5 Å². The molecular formula is C19H26N2O9. The molecule has 3 saturated heterocycles. The number of barbiturate groups is 1. The Morgan fingerprint density at radius 3 is 1.93 bits per heavy atom. The van der Waals surface area contributed by atoms with Crippen LogP contribution in [0.25, 0.3) is 0 Å². The van der Waals surface area contributed by atoms with Gasteiger partial charge in [-0.05, 0) is 12.8 Å². The standard InChI is InChI=1S/C19H26N2O9/c1-3-19(4-2)16(24)20(6-5-14(22)29-10-12-8-27-12)18(26)21(17(19)25)7-15(23)30-11-13-9-28-13/h12-13H,3-11H2,1-2H3. The molecular weight excluding hydrogens is 400 g/mol. The Labute approximate surface area is 173 Å². The van der Waals surface area contributed by atoms with Crippen molar-refractivity contribution in [2.24, 2.45) is 5.41 Å². The average Bonchev–Trinajstić information content (AvgIpc) is 3.64. The number of imide groups is 2. The van der Waals surface area contributed by atoms with Crippen molar-refractivity contribution in [3.63, 3.8) is 0 Å². The van der Waals surface area contributed by atoms with Crippen LogP contribution in [0, 0.1) is 5.41 Å². The fourth-order valence-electron chi connectivity index (χ4n) is 3.27. The van der Waals surface area contributed by atoms with E-state index in [1.807, 2.05) is 0 Å². The van der Waals surface area contributed by atoms with Gasteiger partial charge in [-0.25, -0.2) is 4.79 Å². The van der Waals surface area contributed by atoms with Crippen LogP contribution in [0.1, 0.15) is 33.1 Å². The number of epoxide rings is 2. The summed E-state index contributed by atoms with van der Waals surface area (Å²) in [4.78, 5) is 64.5. The smallest absolute Gasteiger partial charge is 0.334 e. The van der Waals surface area contributed by atoms with E-state index in [2.05, 4.69) is 0 Å². The number of amides is 4. The SMILES string of the molecule is CCC1(CC)C(=O)N(CCC(=O)OCC2CO2)C(=O)N(CC(=O)OCC2CO2)C1=O. The first kappa shape index (κ1) is 22.2. The predicted octanol–water partition coefficient (Wildman–Crippen LogP) is -0.142. The van der Waals surface area contributed by atoms with E-state index in [4.69, 9.17) is 18.9 Å². The molecule has 3 aliphatic rings. The lowest BCUT2D eigenvalue weighted by Gasteiger charge is -2.43. The van der Waals surface area contributed by atoms with Gasteiger partial charge in [0.2, 0.25) is 11.8 Å². The zero-order valence-corrected chi connectivity index (χ0v) is 17.1. The van der Waals surface area contributed by atoms with Crippen LogP contribution in [0.4, 0.5) is 4.79 Å². The van der Waals surface area contributed by atoms with Crippen LogP contribution in [0.3, 0.4) is 0 Å². The Bertz CT molecular complexity index is 726. The molecule has 0 saturated carbocycles. The van der Waals surface area contributed by atoms with Crippen LogP contribution in [-0.2, 0) is 38.1 Å². The van der Waals surface area contributed by atoms with E-state index in [9.17, 15) is 24.0 Å². The number of urea groups is 1. The van der Waals surface area contributed by atoms with Crippen molar-refractivity contribution in [3.8, 4) is 0 Å². The fraction of sp³-hybridized carbons (Fsp3) is 0.737. The van der Waals surface area contributed by atoms with Crippen molar-refractivity contribution in [1.82, 2.24) is 9.80 Å². The number of nitrogens with zero attached hydrogens (tertiary/aromatic N) is 2. The van der Waals surface area contributed by atoms with Gasteiger partial charge >= 0.3 is 18.0 Å². The zero-order valence-electron chi connectivity index (χ0n) is 17.1. The van der Waals surface area contributed by atoms with Gasteiger partial charge in [-0.1, -0.05) is 13.8 Å². The van der Waals surface area contributed by atoms with Crippen LogP contribution in [0.2, 0.25) is 0 Å². The summed E-state index contributed by atoms with van der Waals surface area (Å²) in [6.07, 6.45) is -0.178. The summed E-state index contributed by atoms with van der Waals surface area (Å²) in [6, 6.07) is -0.944. The molecule has 2 atom stereocenters. The molecule has 11 heteroatoms. The lowest BCUT2D eigenvalue weighted by Crippen LogP contribution is -2.65. The van der Waals surface area contributed by atoms with Crippen molar-refractivity contribution >= 4 is 29.8 Å². The Morgan fingerprint density at radius 2 is 1.43 bits per heavy atom. The second-order valence-corrected chi connectivity index (χ2v) is 7.45. The molecule has 3 fully saturated rings. The van der Waals surface area contributed by atoms with Gasteiger partial charge < -0.3 is 18.9 Å². The van der Waals surface area contributed by atoms with E-state index >= 15 is 0 Å². The van der Waals surface area contributed by atoms with Gasteiger partial charge in [0.05, 0.1) is 19.6 Å². The first-order valence-corrected chi connectivity index (χ1v) is 10.0. The molecule has 4 amide bonds. The van der Waals surface area contributed by atoms with E-state index in [0.29, 0.717) is 13.2 Å². The van der Waals surface area contributed by atoms with Gasteiger partial charge in [-0.2, -0.15) is 0 Å². The first-order valence-electron chi connectivity index (χ1n) is 10.0. The van der Waals surface area contributed by atoms with Crippen LogP contribution in [-0.4, -0.2) is 91.3 Å². The Kier molecular flexibility index (Phi) is 6.71. The third-order valence-corrected chi connectivity index (χ3v) is 5.47. The van der Waals surface area contributed by atoms with Crippen LogP contribution in [0.15, 0.2) is 0 Å². The highest BCUT2D eigenvalue weighted by Gasteiger charge is 2.55. The summed E-state index contributed by atoms with van der Waals surface area (Å²) in [6.45, 7) is 3.66. The second kappa shape index (κ2) is 9.09. The highest BCUT2D eigenvalue weighted by Crippen LogP contribution is 2.36. The molecule has 30 heavy (non-hydrogen) atoms. The summed E-state index contributed by atoms with van der Waals surface area (Å²) in [7, 11) is 0. The molecule has 0 aliphatic carbocycles. The normalized spacial score (nSPS) is 24.7. The van der Waals surface area contributed by atoms with Gasteiger partial charge in [-0.3, -0.25) is 29.0 Å². The quantitative estimate of drug-likeness (QED) is 0.251. The van der Waals surface area contributed by atoms with Gasteiger partial charge in [0.25, 0.3) is 0 Å². The van der Waals surface area contributed by atoms with Crippen LogP contribution in [0.5, 0.6) is 0 Å². The van der Waals surface area contributed by atoms with Gasteiger partial charge in [0.1, 0.15) is 37.4 Å². The van der Waals surface area contributed by atoms with Crippen molar-refractivity contribution in [2.45, 2.75) is 45.3 Å². The number of carbonyl (C=O) groups excluding carboxylic acids is 5. The molecule has 3 rings (SSSR count). The minimum atomic E-state index is -1.47. The monoisotopic (exact) mass is 426 g/mol. The molecule has 11 nitrogen and oxygen atoms in total. The van der Waals surface area contributed by atoms with E-state index in [-0.39, 0.29) is 51.2 Å². The first-order chi connectivity index (χ1) is 14.3. The third kappa shape index (κ3) is 4.78. The minimum absolute atomic E-state index is 0.0426. The topological polar surface area (TPSA) is 135 Å². The van der Waals surface area contributed by atoms with Gasteiger partial charge in [-0.15, -0.1) is 0 Å². The Balaban J connectivity index is 1.68. The lowest BCUT2D eigenvalue weighted by molar-refractivity contribution is -0.163. The largest absolute Gasteiger partial charge is 0.463 e. The molecule has 0 bridgehead atoms. The molecule has 0 aromatic carbocycles. The van der Waals surface area contributed by atoms with Crippen LogP contribution >= 0.6 is 0 Å². The number of hydrogen-bond acceptors (Lipinski definition) is 9. The number of esters is 2. The highest BCUT2D eigenvalue weighted by molar-refractivity contribution is 6.19. The lowest BCUT2D eigenvalue weighted by atomic mass is 9.78. The second-order valence-electron chi connectivity index (χ2n) is 7.45. The average molecular weight is 426 g/mol. The number of rotatable bonds is 11. The Hall–Kier alpha value is -2.53. The van der Waals surface area contributed by atoms with E-state index in [1.165, 1.54) is 0 Å². The van der Waals surface area contributed by atoms with Crippen molar-refractivity contribution < 1.29 is 42.9 Å². The summed E-state index contributed by atoms with van der Waals surface area (Å²) in [5.41, 5.74) is -1.47. The van der Waals surface area contributed by atoms with Crippen molar-refractivity contribution in [1.29, 1.82) is 0 Å². The molecule has 0 spiro atoms. The van der Waals surface area contributed by atoms with Crippen molar-refractivity contribution in [3.05, 3.63) is 0 Å². The fourth-order valence-corrected chi connectivity index (χ4v) is 3.27. The molecule has 3 aliphatic heterocycles. The maximum absolute atomic E-state index is 13.0. The number of hydrogen-bond donors (Lipinski definition) is 0.